The van der Waals surface area contributed by atoms with Crippen molar-refractivity contribution in [3.8, 4) is 11.3 Å². The normalized spacial score (nSPS) is 11.2. The Labute approximate surface area is 136 Å². The fourth-order valence-corrected chi connectivity index (χ4v) is 2.91. The molecule has 0 unspecified atom stereocenters. The van der Waals surface area contributed by atoms with E-state index in [2.05, 4.69) is 31.8 Å². The van der Waals surface area contributed by atoms with Gasteiger partial charge in [-0.1, -0.05) is 11.3 Å². The summed E-state index contributed by atoms with van der Waals surface area (Å²) < 4.78 is 12.5. The quantitative estimate of drug-likeness (QED) is 0.571. The minimum absolute atomic E-state index is 0.456. The van der Waals surface area contributed by atoms with Gasteiger partial charge in [0.25, 0.3) is 0 Å². The van der Waals surface area contributed by atoms with Crippen LogP contribution in [0.1, 0.15) is 5.01 Å². The van der Waals surface area contributed by atoms with Gasteiger partial charge in [-0.3, -0.25) is 0 Å². The molecule has 0 bridgehead atoms. The lowest BCUT2D eigenvalue weighted by molar-refractivity contribution is 0.633. The zero-order chi connectivity index (χ0) is 16.2. The third-order valence-electron chi connectivity index (χ3n) is 3.11. The van der Waals surface area contributed by atoms with Crippen molar-refractivity contribution in [1.82, 2.24) is 15.0 Å². The number of rotatable bonds is 5. The summed E-state index contributed by atoms with van der Waals surface area (Å²) in [7, 11) is 1.83. The van der Waals surface area contributed by atoms with Gasteiger partial charge in [-0.05, 0) is 30.8 Å². The summed E-state index contributed by atoms with van der Waals surface area (Å²) in [6.07, 6.45) is 3.69. The first-order valence-corrected chi connectivity index (χ1v) is 7.75. The van der Waals surface area contributed by atoms with Crippen LogP contribution in [0.15, 0.2) is 48.0 Å². The Bertz CT molecular complexity index is 870. The van der Waals surface area contributed by atoms with Gasteiger partial charge in [0.15, 0.2) is 0 Å². The highest BCUT2D eigenvalue weighted by Crippen LogP contribution is 2.25. The van der Waals surface area contributed by atoms with E-state index in [1.807, 2.05) is 31.3 Å². The van der Waals surface area contributed by atoms with E-state index < -0.39 is 5.95 Å². The molecule has 7 heteroatoms. The number of thiazole rings is 1. The van der Waals surface area contributed by atoms with Crippen LogP contribution in [0.5, 0.6) is 0 Å². The van der Waals surface area contributed by atoms with E-state index in [1.54, 1.807) is 6.20 Å². The second-order valence-electron chi connectivity index (χ2n) is 4.70. The van der Waals surface area contributed by atoms with Crippen LogP contribution in [-0.4, -0.2) is 28.2 Å². The molecule has 0 radical (unpaired) electrons. The van der Waals surface area contributed by atoms with Crippen molar-refractivity contribution in [3.05, 3.63) is 48.0 Å². The summed E-state index contributed by atoms with van der Waals surface area (Å²) >= 11 is 1.47. The van der Waals surface area contributed by atoms with E-state index in [0.717, 1.165) is 32.4 Å². The van der Waals surface area contributed by atoms with Crippen molar-refractivity contribution in [1.29, 1.82) is 0 Å². The van der Waals surface area contributed by atoms with E-state index in [9.17, 15) is 4.39 Å². The van der Waals surface area contributed by atoms with Crippen molar-refractivity contribution in [2.45, 2.75) is 6.42 Å². The molecular formula is C16H14FN5S. The number of aromatic nitrogens is 3. The van der Waals surface area contributed by atoms with E-state index in [4.69, 9.17) is 0 Å². The highest BCUT2D eigenvalue weighted by Gasteiger charge is 2.07. The van der Waals surface area contributed by atoms with E-state index in [0.29, 0.717) is 6.42 Å². The van der Waals surface area contributed by atoms with Crippen molar-refractivity contribution >= 4 is 33.7 Å². The average molecular weight is 327 g/mol. The monoisotopic (exact) mass is 327 g/mol. The van der Waals surface area contributed by atoms with Gasteiger partial charge in [0.1, 0.15) is 21.2 Å². The Morgan fingerprint density at radius 2 is 2.22 bits per heavy atom. The summed E-state index contributed by atoms with van der Waals surface area (Å²) in [5.41, 5.74) is 2.60. The summed E-state index contributed by atoms with van der Waals surface area (Å²) in [5.74, 6) is 0.104. The van der Waals surface area contributed by atoms with Gasteiger partial charge >= 0.3 is 0 Å². The molecule has 0 aliphatic rings. The van der Waals surface area contributed by atoms with E-state index in [-0.39, 0.29) is 0 Å². The molecule has 23 heavy (non-hydrogen) atoms. The van der Waals surface area contributed by atoms with Crippen LogP contribution >= 0.6 is 11.3 Å². The maximum atomic E-state index is 12.5. The molecule has 0 amide bonds. The minimum atomic E-state index is -0.705. The van der Waals surface area contributed by atoms with Crippen LogP contribution in [0.3, 0.4) is 0 Å². The lowest BCUT2D eigenvalue weighted by Gasteiger charge is -2.02. The fraction of sp³-hybridized carbons (Fsp3) is 0.125. The number of anilines is 1. The van der Waals surface area contributed by atoms with Gasteiger partial charge < -0.3 is 5.32 Å². The third kappa shape index (κ3) is 3.57. The summed E-state index contributed by atoms with van der Waals surface area (Å²) in [5, 5.41) is 3.81. The van der Waals surface area contributed by atoms with Crippen molar-refractivity contribution < 1.29 is 4.39 Å². The Kier molecular flexibility index (Phi) is 4.38. The van der Waals surface area contributed by atoms with Gasteiger partial charge in [-0.15, -0.1) is 0 Å². The lowest BCUT2D eigenvalue weighted by Crippen LogP contribution is -1.92. The third-order valence-corrected chi connectivity index (χ3v) is 4.10. The van der Waals surface area contributed by atoms with Crippen LogP contribution in [0.4, 0.5) is 10.2 Å². The first kappa shape index (κ1) is 15.2. The summed E-state index contributed by atoms with van der Waals surface area (Å²) in [6, 6.07) is 7.71. The molecule has 3 heterocycles. The maximum absolute atomic E-state index is 12.5. The largest absolute Gasteiger partial charge is 0.373 e. The van der Waals surface area contributed by atoms with Crippen LogP contribution in [0, 0.1) is 0 Å². The molecule has 3 aromatic heterocycles. The molecule has 0 saturated carbocycles. The van der Waals surface area contributed by atoms with Crippen molar-refractivity contribution in [2.75, 3.05) is 12.4 Å². The molecule has 116 valence electrons. The SMILES string of the molecule is C=C(F)N=CCc1nc2ccc(-c3ccc(NC)nc3)nc2s1. The Morgan fingerprint density at radius 3 is 2.91 bits per heavy atom. The maximum Gasteiger partial charge on any atom is 0.205 e. The highest BCUT2D eigenvalue weighted by molar-refractivity contribution is 7.18. The zero-order valence-electron chi connectivity index (χ0n) is 12.5. The van der Waals surface area contributed by atoms with Gasteiger partial charge in [0.2, 0.25) is 5.95 Å². The predicted octanol–water partition coefficient (Wildman–Crippen LogP) is 3.85. The smallest absolute Gasteiger partial charge is 0.205 e. The second-order valence-corrected chi connectivity index (χ2v) is 5.76. The number of nitrogens with zero attached hydrogens (tertiary/aromatic N) is 4. The topological polar surface area (TPSA) is 63.1 Å². The highest BCUT2D eigenvalue weighted by atomic mass is 32.1. The number of hydrogen-bond donors (Lipinski definition) is 1. The predicted molar refractivity (Wildman–Crippen MR) is 92.6 cm³/mol. The van der Waals surface area contributed by atoms with Gasteiger partial charge in [0.05, 0.1) is 5.69 Å². The molecule has 0 saturated heterocycles. The fourth-order valence-electron chi connectivity index (χ4n) is 2.03. The minimum Gasteiger partial charge on any atom is -0.373 e. The van der Waals surface area contributed by atoms with Crippen LogP contribution < -0.4 is 5.32 Å². The molecule has 1 N–H and O–H groups in total. The molecule has 0 aliphatic carbocycles. The van der Waals surface area contributed by atoms with Crippen molar-refractivity contribution in [2.24, 2.45) is 4.99 Å². The number of aliphatic imine (C=N–C) groups is 1. The molecule has 0 spiro atoms. The van der Waals surface area contributed by atoms with E-state index in [1.165, 1.54) is 17.6 Å². The summed E-state index contributed by atoms with van der Waals surface area (Å²) in [4.78, 5) is 17.7. The number of hydrogen-bond acceptors (Lipinski definition) is 6. The van der Waals surface area contributed by atoms with Gasteiger partial charge in [-0.2, -0.15) is 4.39 Å². The second kappa shape index (κ2) is 6.62. The number of fused-ring (bicyclic) bond motifs is 1. The van der Waals surface area contributed by atoms with Crippen LogP contribution in [0.2, 0.25) is 0 Å². The van der Waals surface area contributed by atoms with Gasteiger partial charge in [0, 0.05) is 31.4 Å². The molecule has 3 rings (SSSR count). The first-order chi connectivity index (χ1) is 11.2. The molecule has 3 aromatic rings. The number of pyridine rings is 2. The van der Waals surface area contributed by atoms with E-state index >= 15 is 0 Å². The van der Waals surface area contributed by atoms with Crippen LogP contribution in [-0.2, 0) is 6.42 Å². The lowest BCUT2D eigenvalue weighted by atomic mass is 10.2. The molecule has 0 aliphatic heterocycles. The van der Waals surface area contributed by atoms with Gasteiger partial charge in [-0.25, -0.2) is 19.9 Å². The standard InChI is InChI=1S/C16H14FN5S/c1-10(17)19-8-7-15-21-13-5-4-12(22-16(13)23-15)11-3-6-14(18-2)20-9-11/h3-6,8-9H,1,7H2,2H3,(H,18,20). The summed E-state index contributed by atoms with van der Waals surface area (Å²) in [6.45, 7) is 3.08. The molecule has 0 aromatic carbocycles. The average Bonchev–Trinajstić information content (AvgIpc) is 2.96. The number of halogens is 1. The Morgan fingerprint density at radius 1 is 1.35 bits per heavy atom. The molecule has 5 nitrogen and oxygen atoms in total. The molecular weight excluding hydrogens is 313 g/mol. The number of nitrogens with one attached hydrogen (secondary N) is 1. The first-order valence-electron chi connectivity index (χ1n) is 6.93. The Hall–Kier alpha value is -2.67. The molecule has 0 atom stereocenters. The van der Waals surface area contributed by atoms with Crippen LogP contribution in [0.25, 0.3) is 21.6 Å². The van der Waals surface area contributed by atoms with Crippen molar-refractivity contribution in [3.63, 3.8) is 0 Å². The molecule has 0 fully saturated rings. The Balaban J connectivity index is 1.87. The zero-order valence-corrected chi connectivity index (χ0v) is 13.3.